The Bertz CT molecular complexity index is 902. The second kappa shape index (κ2) is 4.96. The number of aromatic nitrogens is 2. The molecule has 0 fully saturated rings. The summed E-state index contributed by atoms with van der Waals surface area (Å²) in [7, 11) is 2.00. The highest BCUT2D eigenvalue weighted by Crippen LogP contribution is 2.48. The van der Waals surface area contributed by atoms with Crippen molar-refractivity contribution in [3.05, 3.63) is 34.5 Å². The Labute approximate surface area is 149 Å². The standard InChI is InChI=1S/C21H27N3O/c1-12-10-17(24(6)23-12)15-11-16-18(14-9-7-8-13(14)15)22-21(4,5)19(25)20(16,2)3/h10-11,22H,7-9H2,1-6H3. The fourth-order valence-electron chi connectivity index (χ4n) is 4.78. The first-order chi connectivity index (χ1) is 11.6. The summed E-state index contributed by atoms with van der Waals surface area (Å²) in [5.74, 6) is 0.248. The SMILES string of the molecule is Cc1cc(-c2cc3c(c4c2CCC4)NC(C)(C)C(=O)C3(C)C)n(C)n1. The van der Waals surface area contributed by atoms with Gasteiger partial charge in [0, 0.05) is 18.3 Å². The van der Waals surface area contributed by atoms with Gasteiger partial charge in [0.15, 0.2) is 5.78 Å². The summed E-state index contributed by atoms with van der Waals surface area (Å²) < 4.78 is 1.96. The van der Waals surface area contributed by atoms with E-state index < -0.39 is 11.0 Å². The summed E-state index contributed by atoms with van der Waals surface area (Å²) >= 11 is 0. The van der Waals surface area contributed by atoms with Crippen molar-refractivity contribution in [3.8, 4) is 11.3 Å². The maximum absolute atomic E-state index is 13.1. The third kappa shape index (κ3) is 2.19. The van der Waals surface area contributed by atoms with E-state index in [-0.39, 0.29) is 5.78 Å². The molecule has 0 amide bonds. The second-order valence-electron chi connectivity index (χ2n) is 8.66. The van der Waals surface area contributed by atoms with E-state index in [1.54, 1.807) is 0 Å². The molecule has 1 aliphatic heterocycles. The van der Waals surface area contributed by atoms with Gasteiger partial charge in [-0.3, -0.25) is 9.48 Å². The number of hydrogen-bond donors (Lipinski definition) is 1. The van der Waals surface area contributed by atoms with E-state index in [2.05, 4.69) is 36.4 Å². The molecule has 4 heteroatoms. The number of ketones is 1. The molecule has 0 bridgehead atoms. The summed E-state index contributed by atoms with van der Waals surface area (Å²) in [5.41, 5.74) is 7.55. The molecule has 0 saturated carbocycles. The topological polar surface area (TPSA) is 46.9 Å². The van der Waals surface area contributed by atoms with E-state index in [0.717, 1.165) is 29.8 Å². The third-order valence-corrected chi connectivity index (χ3v) is 5.93. The van der Waals surface area contributed by atoms with E-state index in [1.165, 1.54) is 28.8 Å². The molecule has 2 heterocycles. The lowest BCUT2D eigenvalue weighted by Gasteiger charge is -2.43. The van der Waals surface area contributed by atoms with Gasteiger partial charge in [-0.25, -0.2) is 0 Å². The fraction of sp³-hybridized carbons (Fsp3) is 0.524. The molecule has 0 atom stereocenters. The van der Waals surface area contributed by atoms with Crippen LogP contribution in [0.4, 0.5) is 5.69 Å². The van der Waals surface area contributed by atoms with Gasteiger partial charge in [0.2, 0.25) is 0 Å². The van der Waals surface area contributed by atoms with Crippen LogP contribution in [-0.2, 0) is 30.1 Å². The first-order valence-electron chi connectivity index (χ1n) is 9.16. The largest absolute Gasteiger partial charge is 0.373 e. The summed E-state index contributed by atoms with van der Waals surface area (Å²) in [6, 6.07) is 4.39. The number of Topliss-reactive ketones (excluding diaryl/α,β-unsaturated/α-hetero) is 1. The highest BCUT2D eigenvalue weighted by atomic mass is 16.1. The van der Waals surface area contributed by atoms with E-state index in [4.69, 9.17) is 0 Å². The first-order valence-corrected chi connectivity index (χ1v) is 9.16. The number of aryl methyl sites for hydroxylation is 2. The predicted octanol–water partition coefficient (Wildman–Crippen LogP) is 3.94. The third-order valence-electron chi connectivity index (χ3n) is 5.93. The molecule has 2 aliphatic rings. The van der Waals surface area contributed by atoms with Crippen LogP contribution in [0.25, 0.3) is 11.3 Å². The van der Waals surface area contributed by atoms with E-state index in [9.17, 15) is 4.79 Å². The van der Waals surface area contributed by atoms with Crippen LogP contribution in [0.5, 0.6) is 0 Å². The molecule has 0 radical (unpaired) electrons. The van der Waals surface area contributed by atoms with Crippen molar-refractivity contribution in [2.45, 2.75) is 64.8 Å². The molecule has 1 N–H and O–H groups in total. The van der Waals surface area contributed by atoms with E-state index in [0.29, 0.717) is 0 Å². The minimum Gasteiger partial charge on any atom is -0.373 e. The number of hydrogen-bond acceptors (Lipinski definition) is 3. The van der Waals surface area contributed by atoms with Crippen molar-refractivity contribution in [2.24, 2.45) is 7.05 Å². The Balaban J connectivity index is 2.03. The van der Waals surface area contributed by atoms with Crippen LogP contribution in [0.15, 0.2) is 12.1 Å². The molecule has 1 aromatic heterocycles. The summed E-state index contributed by atoms with van der Waals surface area (Å²) in [6.07, 6.45) is 3.35. The van der Waals surface area contributed by atoms with Crippen molar-refractivity contribution >= 4 is 11.5 Å². The summed E-state index contributed by atoms with van der Waals surface area (Å²) in [4.78, 5) is 13.1. The Morgan fingerprint density at radius 2 is 1.80 bits per heavy atom. The van der Waals surface area contributed by atoms with Crippen molar-refractivity contribution in [3.63, 3.8) is 0 Å². The predicted molar refractivity (Wildman–Crippen MR) is 101 cm³/mol. The van der Waals surface area contributed by atoms with Crippen molar-refractivity contribution < 1.29 is 4.79 Å². The van der Waals surface area contributed by atoms with Gasteiger partial charge in [0.25, 0.3) is 0 Å². The molecular formula is C21H27N3O. The van der Waals surface area contributed by atoms with Gasteiger partial charge in [-0.15, -0.1) is 0 Å². The molecule has 132 valence electrons. The molecule has 0 unspecified atom stereocenters. The van der Waals surface area contributed by atoms with Gasteiger partial charge < -0.3 is 5.32 Å². The average molecular weight is 337 g/mol. The number of carbonyl (C=O) groups excluding carboxylic acids is 1. The minimum absolute atomic E-state index is 0.248. The number of carbonyl (C=O) groups is 1. The van der Waals surface area contributed by atoms with Crippen LogP contribution in [0, 0.1) is 6.92 Å². The Morgan fingerprint density at radius 1 is 1.12 bits per heavy atom. The fourth-order valence-corrected chi connectivity index (χ4v) is 4.78. The Hall–Kier alpha value is -2.10. The van der Waals surface area contributed by atoms with Crippen LogP contribution in [-0.4, -0.2) is 21.1 Å². The van der Waals surface area contributed by atoms with Crippen LogP contribution in [0.2, 0.25) is 0 Å². The lowest BCUT2D eigenvalue weighted by atomic mass is 9.68. The molecule has 1 aliphatic carbocycles. The monoisotopic (exact) mass is 337 g/mol. The zero-order valence-corrected chi connectivity index (χ0v) is 16.1. The van der Waals surface area contributed by atoms with Gasteiger partial charge in [0.05, 0.1) is 22.3 Å². The molecule has 0 spiro atoms. The maximum atomic E-state index is 13.1. The number of fused-ring (bicyclic) bond motifs is 3. The van der Waals surface area contributed by atoms with Crippen LogP contribution >= 0.6 is 0 Å². The Kier molecular flexibility index (Phi) is 3.25. The average Bonchev–Trinajstić information content (AvgIpc) is 3.12. The van der Waals surface area contributed by atoms with Crippen LogP contribution in [0.1, 0.15) is 56.5 Å². The first kappa shape index (κ1) is 16.4. The van der Waals surface area contributed by atoms with Gasteiger partial charge in [-0.05, 0) is 82.7 Å². The van der Waals surface area contributed by atoms with Gasteiger partial charge in [0.1, 0.15) is 0 Å². The molecule has 1 aromatic carbocycles. The maximum Gasteiger partial charge on any atom is 0.167 e. The highest BCUT2D eigenvalue weighted by Gasteiger charge is 2.47. The molecule has 0 saturated heterocycles. The number of nitrogens with one attached hydrogen (secondary N) is 1. The van der Waals surface area contributed by atoms with Crippen molar-refractivity contribution in [2.75, 3.05) is 5.32 Å². The quantitative estimate of drug-likeness (QED) is 0.857. The number of anilines is 1. The highest BCUT2D eigenvalue weighted by molar-refractivity contribution is 6.03. The Morgan fingerprint density at radius 3 is 2.44 bits per heavy atom. The molecule has 25 heavy (non-hydrogen) atoms. The van der Waals surface area contributed by atoms with Crippen molar-refractivity contribution in [1.29, 1.82) is 0 Å². The second-order valence-corrected chi connectivity index (χ2v) is 8.66. The normalized spacial score (nSPS) is 20.2. The summed E-state index contributed by atoms with van der Waals surface area (Å²) in [6.45, 7) is 10.2. The van der Waals surface area contributed by atoms with Gasteiger partial charge >= 0.3 is 0 Å². The van der Waals surface area contributed by atoms with Crippen LogP contribution < -0.4 is 5.32 Å². The lowest BCUT2D eigenvalue weighted by molar-refractivity contribution is -0.127. The minimum atomic E-state index is -0.530. The number of rotatable bonds is 1. The molecular weight excluding hydrogens is 310 g/mol. The van der Waals surface area contributed by atoms with E-state index >= 15 is 0 Å². The smallest absolute Gasteiger partial charge is 0.167 e. The zero-order chi connectivity index (χ0) is 18.1. The van der Waals surface area contributed by atoms with Gasteiger partial charge in [-0.1, -0.05) is 0 Å². The number of nitrogens with zero attached hydrogens (tertiary/aromatic N) is 2. The molecule has 2 aromatic rings. The van der Waals surface area contributed by atoms with Crippen molar-refractivity contribution in [1.82, 2.24) is 9.78 Å². The van der Waals surface area contributed by atoms with Crippen LogP contribution in [0.3, 0.4) is 0 Å². The summed E-state index contributed by atoms with van der Waals surface area (Å²) in [5, 5.41) is 8.10. The zero-order valence-electron chi connectivity index (χ0n) is 16.1. The number of benzene rings is 1. The van der Waals surface area contributed by atoms with Gasteiger partial charge in [-0.2, -0.15) is 5.10 Å². The molecule has 4 nitrogen and oxygen atoms in total. The lowest BCUT2D eigenvalue weighted by Crippen LogP contribution is -2.53. The van der Waals surface area contributed by atoms with E-state index in [1.807, 2.05) is 32.5 Å². The molecule has 4 rings (SSSR count).